The van der Waals surface area contributed by atoms with Crippen molar-refractivity contribution in [2.24, 2.45) is 0 Å². The van der Waals surface area contributed by atoms with Crippen LogP contribution < -0.4 is 5.32 Å². The van der Waals surface area contributed by atoms with E-state index in [2.05, 4.69) is 26.5 Å². The quantitative estimate of drug-likeness (QED) is 0.540. The summed E-state index contributed by atoms with van der Waals surface area (Å²) in [5.41, 5.74) is 3.00. The minimum atomic E-state index is -0.762. The molecule has 0 saturated carbocycles. The average molecular weight is 424 g/mol. The van der Waals surface area contributed by atoms with Crippen molar-refractivity contribution in [1.82, 2.24) is 25.1 Å². The molecular formula is C24H20N6O2. The minimum absolute atomic E-state index is 0.222. The van der Waals surface area contributed by atoms with Gasteiger partial charge in [0.1, 0.15) is 5.41 Å². The average Bonchev–Trinajstić information content (AvgIpc) is 3.37. The van der Waals surface area contributed by atoms with E-state index >= 15 is 0 Å². The van der Waals surface area contributed by atoms with E-state index in [0.29, 0.717) is 30.3 Å². The van der Waals surface area contributed by atoms with Crippen LogP contribution in [-0.4, -0.2) is 32.3 Å². The van der Waals surface area contributed by atoms with E-state index < -0.39 is 5.41 Å². The van der Waals surface area contributed by atoms with Crippen LogP contribution in [0, 0.1) is 11.3 Å². The number of nitrogens with zero attached hydrogens (tertiary/aromatic N) is 5. The van der Waals surface area contributed by atoms with Gasteiger partial charge >= 0.3 is 0 Å². The van der Waals surface area contributed by atoms with Crippen LogP contribution >= 0.6 is 0 Å². The molecule has 0 fully saturated rings. The number of ether oxygens (including phenoxy) is 1. The zero-order valence-electron chi connectivity index (χ0n) is 17.4. The van der Waals surface area contributed by atoms with Crippen LogP contribution in [0.15, 0.2) is 61.1 Å². The van der Waals surface area contributed by atoms with Gasteiger partial charge in [0.25, 0.3) is 5.91 Å². The fourth-order valence-corrected chi connectivity index (χ4v) is 3.84. The van der Waals surface area contributed by atoms with Gasteiger partial charge in [0.15, 0.2) is 5.82 Å². The Morgan fingerprint density at radius 2 is 2.22 bits per heavy atom. The lowest BCUT2D eigenvalue weighted by Crippen LogP contribution is -2.33. The van der Waals surface area contributed by atoms with E-state index in [9.17, 15) is 10.1 Å². The summed E-state index contributed by atoms with van der Waals surface area (Å²) in [5.74, 6) is 0.488. The molecule has 1 aromatic carbocycles. The number of aromatic nitrogens is 4. The van der Waals surface area contributed by atoms with Crippen molar-refractivity contribution in [2.45, 2.75) is 25.5 Å². The summed E-state index contributed by atoms with van der Waals surface area (Å²) in [6, 6.07) is 15.2. The first-order valence-corrected chi connectivity index (χ1v) is 10.2. The Bertz CT molecular complexity index is 1360. The molecule has 0 spiro atoms. The molecule has 158 valence electrons. The first kappa shape index (κ1) is 19.8. The highest BCUT2D eigenvalue weighted by Crippen LogP contribution is 2.32. The number of pyridine rings is 2. The lowest BCUT2D eigenvalue weighted by molar-refractivity contribution is 0.0757. The van der Waals surface area contributed by atoms with Crippen molar-refractivity contribution in [3.05, 3.63) is 83.4 Å². The number of rotatable bonds is 4. The highest BCUT2D eigenvalue weighted by atomic mass is 16.5. The molecule has 1 aliphatic heterocycles. The van der Waals surface area contributed by atoms with Gasteiger partial charge in [-0.25, -0.2) is 9.67 Å². The van der Waals surface area contributed by atoms with Gasteiger partial charge in [0.2, 0.25) is 0 Å². The summed E-state index contributed by atoms with van der Waals surface area (Å²) >= 11 is 0. The molecule has 1 aliphatic rings. The normalized spacial score (nSPS) is 17.5. The topological polar surface area (TPSA) is 106 Å². The Morgan fingerprint density at radius 3 is 3.03 bits per heavy atom. The fourth-order valence-electron chi connectivity index (χ4n) is 3.84. The van der Waals surface area contributed by atoms with E-state index in [0.717, 1.165) is 22.0 Å². The molecule has 8 nitrogen and oxygen atoms in total. The molecule has 8 heteroatoms. The Hall–Kier alpha value is -4.09. The van der Waals surface area contributed by atoms with E-state index in [1.807, 2.05) is 43.5 Å². The standard InChI is InChI=1S/C24H20N6O2/c1-24(14-25)15-32-13-18-4-3-16(9-20(18)24)23(31)27-12-19-10-21-17(11-26-19)5-6-22(29-21)30-8-2-7-28-30/h2-11H,12-13,15H2,1H3,(H,27,31)/t24-/m1/s1. The molecule has 3 aromatic heterocycles. The monoisotopic (exact) mass is 424 g/mol. The van der Waals surface area contributed by atoms with Crippen LogP contribution in [0.1, 0.15) is 34.1 Å². The van der Waals surface area contributed by atoms with Gasteiger partial charge in [-0.15, -0.1) is 0 Å². The van der Waals surface area contributed by atoms with E-state index in [1.54, 1.807) is 29.2 Å². The van der Waals surface area contributed by atoms with Crippen molar-refractivity contribution >= 4 is 16.8 Å². The van der Waals surface area contributed by atoms with Crippen LogP contribution in [0.2, 0.25) is 0 Å². The maximum Gasteiger partial charge on any atom is 0.251 e. The van der Waals surface area contributed by atoms with Gasteiger partial charge in [-0.2, -0.15) is 10.4 Å². The first-order chi connectivity index (χ1) is 15.6. The number of carbonyl (C=O) groups excluding carboxylic acids is 1. The molecule has 0 radical (unpaired) electrons. The summed E-state index contributed by atoms with van der Waals surface area (Å²) in [5, 5.41) is 17.6. The number of hydrogen-bond acceptors (Lipinski definition) is 6. The largest absolute Gasteiger partial charge is 0.375 e. The molecule has 4 aromatic rings. The molecule has 4 heterocycles. The number of nitriles is 1. The lowest BCUT2D eigenvalue weighted by Gasteiger charge is -2.30. The third kappa shape index (κ3) is 3.59. The lowest BCUT2D eigenvalue weighted by atomic mass is 9.79. The van der Waals surface area contributed by atoms with Crippen LogP contribution in [0.3, 0.4) is 0 Å². The Labute approximate surface area is 184 Å². The van der Waals surface area contributed by atoms with E-state index in [-0.39, 0.29) is 12.5 Å². The third-order valence-electron chi connectivity index (χ3n) is 5.65. The van der Waals surface area contributed by atoms with Crippen molar-refractivity contribution in [3.63, 3.8) is 0 Å². The highest BCUT2D eigenvalue weighted by molar-refractivity contribution is 5.94. The van der Waals surface area contributed by atoms with Crippen LogP contribution in [0.5, 0.6) is 0 Å². The van der Waals surface area contributed by atoms with Gasteiger partial charge in [0, 0.05) is 29.5 Å². The minimum Gasteiger partial charge on any atom is -0.375 e. The molecule has 0 saturated heterocycles. The van der Waals surface area contributed by atoms with Crippen LogP contribution in [-0.2, 0) is 23.3 Å². The predicted octanol–water partition coefficient (Wildman–Crippen LogP) is 3.06. The fraction of sp³-hybridized carbons (Fsp3) is 0.208. The van der Waals surface area contributed by atoms with Crippen molar-refractivity contribution in [2.75, 3.05) is 6.61 Å². The zero-order chi connectivity index (χ0) is 22.1. The molecule has 32 heavy (non-hydrogen) atoms. The molecule has 5 rings (SSSR count). The maximum atomic E-state index is 12.8. The number of hydrogen-bond donors (Lipinski definition) is 1. The summed E-state index contributed by atoms with van der Waals surface area (Å²) in [6.45, 7) is 2.85. The van der Waals surface area contributed by atoms with Gasteiger partial charge in [0.05, 0.1) is 37.0 Å². The summed E-state index contributed by atoms with van der Waals surface area (Å²) < 4.78 is 7.22. The Balaban J connectivity index is 1.35. The molecular weight excluding hydrogens is 404 g/mol. The van der Waals surface area contributed by atoms with Crippen molar-refractivity contribution in [1.29, 1.82) is 5.26 Å². The predicted molar refractivity (Wildman–Crippen MR) is 117 cm³/mol. The zero-order valence-corrected chi connectivity index (χ0v) is 17.4. The Kier molecular flexibility index (Phi) is 4.88. The second kappa shape index (κ2) is 7.87. The number of fused-ring (bicyclic) bond motifs is 2. The molecule has 1 amide bonds. The summed E-state index contributed by atoms with van der Waals surface area (Å²) in [6.07, 6.45) is 5.28. The molecule has 0 aliphatic carbocycles. The molecule has 1 N–H and O–H groups in total. The SMILES string of the molecule is C[C@@]1(C#N)COCc2ccc(C(=O)NCc3cc4nc(-n5cccn5)ccc4cn3)cc21. The Morgan fingerprint density at radius 1 is 1.31 bits per heavy atom. The van der Waals surface area contributed by atoms with Gasteiger partial charge < -0.3 is 10.1 Å². The number of amides is 1. The third-order valence-corrected chi connectivity index (χ3v) is 5.65. The van der Waals surface area contributed by atoms with Crippen molar-refractivity contribution < 1.29 is 9.53 Å². The molecule has 0 unspecified atom stereocenters. The van der Waals surface area contributed by atoms with Crippen LogP contribution in [0.25, 0.3) is 16.7 Å². The second-order valence-corrected chi connectivity index (χ2v) is 7.98. The number of benzene rings is 1. The van der Waals surface area contributed by atoms with E-state index in [1.165, 1.54) is 0 Å². The smallest absolute Gasteiger partial charge is 0.251 e. The first-order valence-electron chi connectivity index (χ1n) is 10.2. The second-order valence-electron chi connectivity index (χ2n) is 7.98. The number of carbonyl (C=O) groups is 1. The molecule has 1 atom stereocenters. The summed E-state index contributed by atoms with van der Waals surface area (Å²) in [4.78, 5) is 21.9. The van der Waals surface area contributed by atoms with Crippen molar-refractivity contribution in [3.8, 4) is 11.9 Å². The van der Waals surface area contributed by atoms with Gasteiger partial charge in [-0.3, -0.25) is 9.78 Å². The summed E-state index contributed by atoms with van der Waals surface area (Å²) in [7, 11) is 0. The number of nitrogens with one attached hydrogen (secondary N) is 1. The highest BCUT2D eigenvalue weighted by Gasteiger charge is 2.33. The maximum absolute atomic E-state index is 12.8. The van der Waals surface area contributed by atoms with Crippen LogP contribution in [0.4, 0.5) is 0 Å². The van der Waals surface area contributed by atoms with Gasteiger partial charge in [-0.1, -0.05) is 6.07 Å². The molecule has 0 bridgehead atoms. The van der Waals surface area contributed by atoms with Gasteiger partial charge in [-0.05, 0) is 54.4 Å². The van der Waals surface area contributed by atoms with E-state index in [4.69, 9.17) is 4.74 Å².